The number of piperidine rings is 1. The van der Waals surface area contributed by atoms with Crippen molar-refractivity contribution in [3.05, 3.63) is 90.0 Å². The molecule has 0 unspecified atom stereocenters. The summed E-state index contributed by atoms with van der Waals surface area (Å²) in [6, 6.07) is 23.1. The number of carbonyl (C=O) groups is 2. The minimum Gasteiger partial charge on any atom is -0.497 e. The van der Waals surface area contributed by atoms with Crippen LogP contribution >= 0.6 is 0 Å². The molecule has 4 rings (SSSR count). The van der Waals surface area contributed by atoms with E-state index < -0.39 is 10.0 Å². The third-order valence-electron chi connectivity index (χ3n) is 6.49. The number of benzene rings is 3. The minimum absolute atomic E-state index is 0.198. The van der Waals surface area contributed by atoms with Crippen LogP contribution in [0.2, 0.25) is 0 Å². The summed E-state index contributed by atoms with van der Waals surface area (Å²) in [7, 11) is -2.12. The zero-order valence-electron chi connectivity index (χ0n) is 20.7. The Labute approximate surface area is 217 Å². The van der Waals surface area contributed by atoms with Gasteiger partial charge in [0.1, 0.15) is 5.75 Å². The molecule has 0 atom stereocenters. The lowest BCUT2D eigenvalue weighted by atomic mass is 9.97. The highest BCUT2D eigenvalue weighted by atomic mass is 32.2. The first-order valence-corrected chi connectivity index (χ1v) is 13.7. The third kappa shape index (κ3) is 6.55. The van der Waals surface area contributed by atoms with Gasteiger partial charge in [0.2, 0.25) is 15.9 Å². The van der Waals surface area contributed by atoms with Crippen molar-refractivity contribution in [2.45, 2.75) is 24.2 Å². The standard InChI is InChI=1S/C28H31N3O5S/c1-36-23-11-13-24(14-12-23)37(34,35)31-19-16-22(17-20-31)27(32)30-26-10-6-5-9-25(26)28(33)29-18-15-21-7-3-2-4-8-21/h2-14,22H,15-20H2,1H3,(H,29,33)(H,30,32). The Bertz CT molecular complexity index is 1320. The van der Waals surface area contributed by atoms with Gasteiger partial charge in [0.05, 0.1) is 23.3 Å². The molecule has 0 aliphatic carbocycles. The Hall–Kier alpha value is -3.69. The van der Waals surface area contributed by atoms with E-state index in [-0.39, 0.29) is 35.7 Å². The fraction of sp³-hybridized carbons (Fsp3) is 0.286. The highest BCUT2D eigenvalue weighted by Crippen LogP contribution is 2.26. The van der Waals surface area contributed by atoms with Crippen LogP contribution in [0.3, 0.4) is 0 Å². The Morgan fingerprint density at radius 1 is 0.919 bits per heavy atom. The normalized spacial score (nSPS) is 14.6. The average molecular weight is 522 g/mol. The molecule has 2 N–H and O–H groups in total. The smallest absolute Gasteiger partial charge is 0.253 e. The van der Waals surface area contributed by atoms with E-state index in [0.29, 0.717) is 42.8 Å². The van der Waals surface area contributed by atoms with Crippen molar-refractivity contribution in [3.8, 4) is 5.75 Å². The molecular formula is C28H31N3O5S. The van der Waals surface area contributed by atoms with Crippen molar-refractivity contribution in [1.82, 2.24) is 9.62 Å². The Balaban J connectivity index is 1.32. The second-order valence-corrected chi connectivity index (χ2v) is 10.8. The number of hydrogen-bond acceptors (Lipinski definition) is 5. The van der Waals surface area contributed by atoms with Crippen molar-refractivity contribution >= 4 is 27.5 Å². The van der Waals surface area contributed by atoms with Crippen molar-refractivity contribution in [1.29, 1.82) is 0 Å². The summed E-state index contributed by atoms with van der Waals surface area (Å²) in [4.78, 5) is 26.0. The van der Waals surface area contributed by atoms with Crippen LogP contribution in [0.25, 0.3) is 0 Å². The molecule has 3 aromatic carbocycles. The van der Waals surface area contributed by atoms with Gasteiger partial charge < -0.3 is 15.4 Å². The zero-order valence-corrected chi connectivity index (χ0v) is 21.5. The summed E-state index contributed by atoms with van der Waals surface area (Å²) < 4.78 is 32.5. The van der Waals surface area contributed by atoms with Gasteiger partial charge >= 0.3 is 0 Å². The fourth-order valence-electron chi connectivity index (χ4n) is 4.34. The predicted octanol–water partition coefficient (Wildman–Crippen LogP) is 3.71. The summed E-state index contributed by atoms with van der Waals surface area (Å²) in [5.74, 6) is -0.241. The van der Waals surface area contributed by atoms with Gasteiger partial charge in [-0.2, -0.15) is 4.31 Å². The van der Waals surface area contributed by atoms with Crippen LogP contribution in [0.5, 0.6) is 5.75 Å². The lowest BCUT2D eigenvalue weighted by Gasteiger charge is -2.30. The quantitative estimate of drug-likeness (QED) is 0.447. The third-order valence-corrected chi connectivity index (χ3v) is 8.41. The van der Waals surface area contributed by atoms with Crippen LogP contribution in [0.4, 0.5) is 5.69 Å². The number of nitrogens with zero attached hydrogens (tertiary/aromatic N) is 1. The second kappa shape index (κ2) is 12.0. The summed E-state index contributed by atoms with van der Waals surface area (Å²) in [6.07, 6.45) is 1.50. The van der Waals surface area contributed by atoms with Gasteiger partial charge in [-0.1, -0.05) is 42.5 Å². The number of methoxy groups -OCH3 is 1. The molecule has 1 fully saturated rings. The van der Waals surface area contributed by atoms with Gasteiger partial charge in [0, 0.05) is 25.6 Å². The average Bonchev–Trinajstić information content (AvgIpc) is 2.94. The highest BCUT2D eigenvalue weighted by molar-refractivity contribution is 7.89. The van der Waals surface area contributed by atoms with Crippen LogP contribution in [0.1, 0.15) is 28.8 Å². The molecule has 0 bridgehead atoms. The van der Waals surface area contributed by atoms with Crippen molar-refractivity contribution in [3.63, 3.8) is 0 Å². The molecule has 37 heavy (non-hydrogen) atoms. The van der Waals surface area contributed by atoms with Crippen LogP contribution < -0.4 is 15.4 Å². The molecule has 0 saturated carbocycles. The summed E-state index contributed by atoms with van der Waals surface area (Å²) in [5, 5.41) is 5.80. The number of anilines is 1. The minimum atomic E-state index is -3.65. The number of nitrogens with one attached hydrogen (secondary N) is 2. The first-order chi connectivity index (χ1) is 17.9. The van der Waals surface area contributed by atoms with Gasteiger partial charge in [0.15, 0.2) is 0 Å². The number of para-hydroxylation sites is 1. The molecule has 194 valence electrons. The van der Waals surface area contributed by atoms with E-state index in [4.69, 9.17) is 4.74 Å². The topological polar surface area (TPSA) is 105 Å². The predicted molar refractivity (Wildman–Crippen MR) is 142 cm³/mol. The molecule has 0 spiro atoms. The molecule has 1 saturated heterocycles. The number of ether oxygens (including phenoxy) is 1. The highest BCUT2D eigenvalue weighted by Gasteiger charge is 2.32. The number of rotatable bonds is 9. The van der Waals surface area contributed by atoms with Crippen LogP contribution in [-0.4, -0.2) is 51.3 Å². The van der Waals surface area contributed by atoms with Gasteiger partial charge in [-0.05, 0) is 61.2 Å². The number of amides is 2. The van der Waals surface area contributed by atoms with Gasteiger partial charge in [-0.25, -0.2) is 8.42 Å². The largest absolute Gasteiger partial charge is 0.497 e. The van der Waals surface area contributed by atoms with Crippen LogP contribution in [-0.2, 0) is 21.2 Å². The number of hydrogen-bond donors (Lipinski definition) is 2. The van der Waals surface area contributed by atoms with Gasteiger partial charge in [-0.15, -0.1) is 0 Å². The molecule has 2 amide bonds. The van der Waals surface area contributed by atoms with Crippen molar-refractivity contribution in [2.24, 2.45) is 5.92 Å². The second-order valence-electron chi connectivity index (χ2n) is 8.88. The van der Waals surface area contributed by atoms with Crippen LogP contribution in [0, 0.1) is 5.92 Å². The maximum atomic E-state index is 13.0. The van der Waals surface area contributed by atoms with Crippen LogP contribution in [0.15, 0.2) is 83.8 Å². The Morgan fingerprint density at radius 2 is 1.57 bits per heavy atom. The zero-order chi connectivity index (χ0) is 26.3. The van der Waals surface area contributed by atoms with Gasteiger partial charge in [0.25, 0.3) is 5.91 Å². The number of sulfonamides is 1. The summed E-state index contributed by atoms with van der Waals surface area (Å²) in [6.45, 7) is 0.967. The summed E-state index contributed by atoms with van der Waals surface area (Å²) >= 11 is 0. The van der Waals surface area contributed by atoms with Gasteiger partial charge in [-0.3, -0.25) is 9.59 Å². The van der Waals surface area contributed by atoms with Crippen molar-refractivity contribution < 1.29 is 22.7 Å². The monoisotopic (exact) mass is 521 g/mol. The first kappa shape index (κ1) is 26.4. The molecule has 3 aromatic rings. The fourth-order valence-corrected chi connectivity index (χ4v) is 5.81. The molecule has 0 radical (unpaired) electrons. The number of carbonyl (C=O) groups excluding carboxylic acids is 2. The SMILES string of the molecule is COc1ccc(S(=O)(=O)N2CCC(C(=O)Nc3ccccc3C(=O)NCCc3ccccc3)CC2)cc1. The maximum Gasteiger partial charge on any atom is 0.253 e. The van der Waals surface area contributed by atoms with E-state index in [1.54, 1.807) is 36.4 Å². The van der Waals surface area contributed by atoms with E-state index in [1.807, 2.05) is 30.3 Å². The molecule has 9 heteroatoms. The molecule has 8 nitrogen and oxygen atoms in total. The lowest BCUT2D eigenvalue weighted by molar-refractivity contribution is -0.120. The first-order valence-electron chi connectivity index (χ1n) is 12.2. The maximum absolute atomic E-state index is 13.0. The van der Waals surface area contributed by atoms with E-state index in [0.717, 1.165) is 5.56 Å². The van der Waals surface area contributed by atoms with E-state index in [9.17, 15) is 18.0 Å². The van der Waals surface area contributed by atoms with E-state index in [1.165, 1.54) is 23.5 Å². The molecule has 1 heterocycles. The lowest BCUT2D eigenvalue weighted by Crippen LogP contribution is -2.41. The van der Waals surface area contributed by atoms with Crippen molar-refractivity contribution in [2.75, 3.05) is 32.1 Å². The van der Waals surface area contributed by atoms with E-state index >= 15 is 0 Å². The molecular weight excluding hydrogens is 490 g/mol. The summed E-state index contributed by atoms with van der Waals surface area (Å²) in [5.41, 5.74) is 1.96. The molecule has 0 aromatic heterocycles. The Morgan fingerprint density at radius 3 is 2.24 bits per heavy atom. The molecule has 1 aliphatic heterocycles. The molecule has 1 aliphatic rings. The Kier molecular flexibility index (Phi) is 8.58. The van der Waals surface area contributed by atoms with E-state index in [2.05, 4.69) is 10.6 Å².